The molecule has 10 aromatic rings. The third-order valence-corrected chi connectivity index (χ3v) is 16.6. The number of hydrogen-bond acceptors (Lipinski definition) is 6. The topological polar surface area (TPSA) is 90.6 Å². The van der Waals surface area contributed by atoms with Crippen molar-refractivity contribution in [3.05, 3.63) is 161 Å². The molecule has 0 N–H and O–H groups in total. The van der Waals surface area contributed by atoms with Gasteiger partial charge in [-0.1, -0.05) is 168 Å². The van der Waals surface area contributed by atoms with Crippen molar-refractivity contribution in [3.63, 3.8) is 0 Å². The second-order valence-corrected chi connectivity index (χ2v) is 21.1. The minimum Gasteiger partial charge on any atom is -0.220 e. The van der Waals surface area contributed by atoms with E-state index in [1.165, 1.54) is 143 Å². The van der Waals surface area contributed by atoms with Gasteiger partial charge in [-0.3, -0.25) is 0 Å². The zero-order chi connectivity index (χ0) is 48.3. The molecule has 6 aromatic carbocycles. The van der Waals surface area contributed by atoms with Gasteiger partial charge in [-0.15, -0.1) is 15.3 Å². The molecule has 4 aromatic heterocycles. The molecule has 13 rings (SSSR count). The summed E-state index contributed by atoms with van der Waals surface area (Å²) in [5, 5.41) is 39.6. The molecule has 18 bridgehead atoms. The summed E-state index contributed by atoms with van der Waals surface area (Å²) >= 11 is 0. The van der Waals surface area contributed by atoms with Gasteiger partial charge in [0.2, 0.25) is 0 Å². The van der Waals surface area contributed by atoms with Crippen LogP contribution < -0.4 is 0 Å². The largest absolute Gasteiger partial charge is 0.220 e. The summed E-state index contributed by atoms with van der Waals surface area (Å²) in [6.45, 7) is 6.87. The van der Waals surface area contributed by atoms with Crippen molar-refractivity contribution >= 4 is 81.6 Å². The first-order valence-electron chi connectivity index (χ1n) is 27.2. The maximum atomic E-state index is 4.83. The van der Waals surface area contributed by atoms with Crippen LogP contribution in [0.15, 0.2) is 128 Å². The van der Waals surface area contributed by atoms with Crippen molar-refractivity contribution < 1.29 is 0 Å². The van der Waals surface area contributed by atoms with Gasteiger partial charge in [-0.25, -0.2) is 13.5 Å². The van der Waals surface area contributed by atoms with E-state index in [-0.39, 0.29) is 0 Å². The van der Waals surface area contributed by atoms with E-state index in [0.29, 0.717) is 17.8 Å². The fourth-order valence-corrected chi connectivity index (χ4v) is 12.8. The maximum Gasteiger partial charge on any atom is 0.113 e. The Morgan fingerprint density at radius 3 is 0.889 bits per heavy atom. The monoisotopic (exact) mass is 946 g/mol. The third kappa shape index (κ3) is 7.74. The smallest absolute Gasteiger partial charge is 0.113 e. The first kappa shape index (κ1) is 44.7. The summed E-state index contributed by atoms with van der Waals surface area (Å²) < 4.78 is 5.86. The van der Waals surface area contributed by atoms with Crippen LogP contribution in [0.1, 0.15) is 168 Å². The molecule has 9 nitrogen and oxygen atoms in total. The molecular weight excluding hydrogens is 883 g/mol. The summed E-state index contributed by atoms with van der Waals surface area (Å²) in [5.74, 6) is 1.04. The van der Waals surface area contributed by atoms with Crippen LogP contribution in [-0.4, -0.2) is 44.5 Å². The lowest BCUT2D eigenvalue weighted by Gasteiger charge is -2.14. The lowest BCUT2D eigenvalue weighted by Crippen LogP contribution is -1.97. The Morgan fingerprint density at radius 2 is 0.597 bits per heavy atom. The third-order valence-electron chi connectivity index (χ3n) is 16.6. The molecule has 0 amide bonds. The average Bonchev–Trinajstić information content (AvgIpc) is 4.30. The van der Waals surface area contributed by atoms with Crippen LogP contribution in [0.4, 0.5) is 0 Å². The van der Waals surface area contributed by atoms with Crippen LogP contribution in [0.3, 0.4) is 0 Å². The predicted octanol–water partition coefficient (Wildman–Crippen LogP) is 16.4. The van der Waals surface area contributed by atoms with Gasteiger partial charge in [0.05, 0.1) is 35.1 Å². The normalized spacial score (nSPS) is 16.1. The van der Waals surface area contributed by atoms with Crippen LogP contribution in [0, 0.1) is 0 Å². The second-order valence-electron chi connectivity index (χ2n) is 21.1. The van der Waals surface area contributed by atoms with Crippen LogP contribution in [0.25, 0.3) is 81.6 Å². The van der Waals surface area contributed by atoms with Gasteiger partial charge in [0, 0.05) is 33.9 Å². The minimum atomic E-state index is 0.346. The van der Waals surface area contributed by atoms with Crippen molar-refractivity contribution in [3.8, 4) is 0 Å². The van der Waals surface area contributed by atoms with E-state index in [1.807, 2.05) is 13.5 Å². The molecule has 0 fully saturated rings. The standard InChI is InChI=1S/C63H63N9/c1-4-7-10-13-16-46-49-25-19-40-31-55(49)58-34-43(22-28-52(46)58)70-38-62(65-67-70)41-20-26-50-47(17-14-11-8-5-2)54-30-24-45(36-60(54)56(50)32-41)72-39-63(66-69-72)42-21-27-51-48(18-15-12-9-6-3)53-29-23-44(35-59(53)57(51)33-42)71-37-61(40)64-68-71/h19-39,46-48H,4-18H2,1-3H3. The van der Waals surface area contributed by atoms with E-state index in [9.17, 15) is 0 Å². The van der Waals surface area contributed by atoms with E-state index in [1.54, 1.807) is 0 Å². The second kappa shape index (κ2) is 18.7. The molecule has 9 heteroatoms. The molecule has 0 spiro atoms. The molecule has 0 saturated heterocycles. The molecular formula is C63H63N9. The molecule has 4 heterocycles. The Bertz CT molecular complexity index is 3360. The Kier molecular flexibility index (Phi) is 11.6. The van der Waals surface area contributed by atoms with Crippen LogP contribution >= 0.6 is 0 Å². The predicted molar refractivity (Wildman–Crippen MR) is 296 cm³/mol. The number of unbranched alkanes of at least 4 members (excludes halogenated alkanes) is 9. The molecule has 0 radical (unpaired) electrons. The van der Waals surface area contributed by atoms with Crippen molar-refractivity contribution in [2.24, 2.45) is 0 Å². The number of fused-ring (bicyclic) bond motifs is 18. The number of aromatic nitrogens is 9. The quantitative estimate of drug-likeness (QED) is 0.0951. The van der Waals surface area contributed by atoms with E-state index >= 15 is 0 Å². The lowest BCUT2D eigenvalue weighted by atomic mass is 9.90. The highest BCUT2D eigenvalue weighted by Crippen LogP contribution is 2.47. The molecule has 360 valence electrons. The maximum absolute atomic E-state index is 4.83. The molecule has 3 aliphatic rings. The van der Waals surface area contributed by atoms with Gasteiger partial charge < -0.3 is 0 Å². The van der Waals surface area contributed by atoms with Crippen molar-refractivity contribution in [2.45, 2.75) is 135 Å². The first-order valence-corrected chi connectivity index (χ1v) is 27.2. The lowest BCUT2D eigenvalue weighted by molar-refractivity contribution is 0.602. The van der Waals surface area contributed by atoms with Crippen molar-refractivity contribution in [1.82, 2.24) is 44.5 Å². The van der Waals surface area contributed by atoms with Crippen LogP contribution in [0.5, 0.6) is 0 Å². The van der Waals surface area contributed by atoms with Crippen LogP contribution in [0.2, 0.25) is 0 Å². The van der Waals surface area contributed by atoms with Crippen molar-refractivity contribution in [2.75, 3.05) is 0 Å². The number of hydrogen-bond donors (Lipinski definition) is 0. The van der Waals surface area contributed by atoms with Gasteiger partial charge in [-0.2, -0.15) is 0 Å². The Balaban J connectivity index is 1.06. The Hall–Kier alpha value is -7.26. The van der Waals surface area contributed by atoms with Crippen LogP contribution in [-0.2, 0) is 0 Å². The van der Waals surface area contributed by atoms with Crippen molar-refractivity contribution in [1.29, 1.82) is 0 Å². The number of rotatable bonds is 15. The fourth-order valence-electron chi connectivity index (χ4n) is 12.8. The first-order chi connectivity index (χ1) is 35.5. The summed E-state index contributed by atoms with van der Waals surface area (Å²) in [5.41, 5.74) is 13.9. The van der Waals surface area contributed by atoms with Gasteiger partial charge in [0.25, 0.3) is 0 Å². The van der Waals surface area contributed by atoms with E-state index < -0.39 is 0 Å². The summed E-state index contributed by atoms with van der Waals surface area (Å²) in [6, 6.07) is 41.6. The van der Waals surface area contributed by atoms with E-state index in [2.05, 4.69) is 149 Å². The van der Waals surface area contributed by atoms with Gasteiger partial charge in [-0.05, 0) is 140 Å². The SMILES string of the molecule is CCCCCCC1c2ccc3cc2c2cc(ccc21)n1cc(nn1)c1ccc2c(c1)c1cc(ccc1C2CCCCCC)n1cc(nn1)c1ccc2c(c1)c1cc(ccc1C2CCCCCC)n1cc3nn1. The highest BCUT2D eigenvalue weighted by atomic mass is 15.4. The molecule has 0 saturated carbocycles. The number of nitrogens with zero attached hydrogens (tertiary/aromatic N) is 9. The molecule has 3 atom stereocenters. The molecule has 72 heavy (non-hydrogen) atoms. The summed E-state index contributed by atoms with van der Waals surface area (Å²) in [6.07, 6.45) is 24.6. The van der Waals surface area contributed by atoms with E-state index in [0.717, 1.165) is 68.5 Å². The Labute approximate surface area is 420 Å². The average molecular weight is 946 g/mol. The van der Waals surface area contributed by atoms with Gasteiger partial charge >= 0.3 is 0 Å². The van der Waals surface area contributed by atoms with Gasteiger partial charge in [0.15, 0.2) is 0 Å². The highest BCUT2D eigenvalue weighted by molar-refractivity contribution is 6.02. The highest BCUT2D eigenvalue weighted by Gasteiger charge is 2.28. The molecule has 0 aliphatic heterocycles. The summed E-state index contributed by atoms with van der Waals surface area (Å²) in [7, 11) is 0. The molecule has 3 unspecified atom stereocenters. The number of benzene rings is 6. The molecule has 3 aliphatic carbocycles. The minimum absolute atomic E-state index is 0.346. The zero-order valence-electron chi connectivity index (χ0n) is 42.0. The Morgan fingerprint density at radius 1 is 0.319 bits per heavy atom. The summed E-state index contributed by atoms with van der Waals surface area (Å²) in [4.78, 5) is 0. The van der Waals surface area contributed by atoms with E-state index in [4.69, 9.17) is 30.9 Å². The fraction of sp³-hybridized carbons (Fsp3) is 0.333. The van der Waals surface area contributed by atoms with Gasteiger partial charge in [0.1, 0.15) is 16.6 Å². The zero-order valence-corrected chi connectivity index (χ0v) is 42.0.